The first-order chi connectivity index (χ1) is 18.3. The third-order valence-corrected chi connectivity index (χ3v) is 5.73. The predicted molar refractivity (Wildman–Crippen MR) is 147 cm³/mol. The van der Waals surface area contributed by atoms with E-state index in [-0.39, 0.29) is 38.4 Å². The minimum atomic E-state index is -2.03. The number of carbonyl (C=O) groups is 4. The molecule has 2 rings (SSSR count). The quantitative estimate of drug-likeness (QED) is 0.159. The molecule has 0 spiro atoms. The number of amides is 2. The lowest BCUT2D eigenvalue weighted by Crippen LogP contribution is -2.59. The molecule has 1 unspecified atom stereocenters. The molecular formula is C29H39N3O7. The van der Waals surface area contributed by atoms with Crippen LogP contribution in [0.25, 0.3) is 0 Å². The van der Waals surface area contributed by atoms with Crippen LogP contribution in [0.15, 0.2) is 48.5 Å². The fraction of sp³-hybridized carbons (Fsp3) is 0.448. The fourth-order valence-electron chi connectivity index (χ4n) is 3.67. The predicted octanol–water partition coefficient (Wildman–Crippen LogP) is 3.78. The molecule has 2 amide bonds. The number of methoxy groups -OCH3 is 1. The number of rotatable bonds is 12. The Hall–Kier alpha value is -3.92. The Morgan fingerprint density at radius 1 is 1.00 bits per heavy atom. The largest absolute Gasteiger partial charge is 0.469 e. The summed E-state index contributed by atoms with van der Waals surface area (Å²) in [4.78, 5) is 50.2. The van der Waals surface area contributed by atoms with E-state index in [9.17, 15) is 19.2 Å². The topological polar surface area (TPSA) is 146 Å². The normalized spacial score (nSPS) is 12.6. The number of esters is 2. The van der Waals surface area contributed by atoms with Crippen LogP contribution >= 0.6 is 0 Å². The maximum Gasteiger partial charge on any atom is 0.407 e. The molecule has 0 saturated carbocycles. The number of alkyl carbamates (subject to hydrolysis) is 1. The van der Waals surface area contributed by atoms with Crippen molar-refractivity contribution in [3.8, 4) is 0 Å². The summed E-state index contributed by atoms with van der Waals surface area (Å²) in [5.74, 6) is -2.03. The molecule has 1 atom stereocenters. The van der Waals surface area contributed by atoms with Crippen molar-refractivity contribution >= 4 is 29.6 Å². The van der Waals surface area contributed by atoms with Crippen molar-refractivity contribution in [3.63, 3.8) is 0 Å². The summed E-state index contributed by atoms with van der Waals surface area (Å²) >= 11 is 0. The van der Waals surface area contributed by atoms with Crippen molar-refractivity contribution in [1.82, 2.24) is 5.32 Å². The van der Waals surface area contributed by atoms with Crippen molar-refractivity contribution < 1.29 is 33.4 Å². The molecule has 0 aromatic heterocycles. The molecule has 2 aromatic rings. The molecule has 4 N–H and O–H groups in total. The molecule has 212 valence electrons. The Morgan fingerprint density at radius 3 is 2.38 bits per heavy atom. The van der Waals surface area contributed by atoms with E-state index < -0.39 is 29.1 Å². The second-order valence-corrected chi connectivity index (χ2v) is 10.3. The number of ether oxygens (including phenoxy) is 3. The van der Waals surface area contributed by atoms with Gasteiger partial charge in [0.1, 0.15) is 12.2 Å². The molecule has 0 heterocycles. The first-order valence-electron chi connectivity index (χ1n) is 12.8. The summed E-state index contributed by atoms with van der Waals surface area (Å²) in [5, 5.41) is 5.34. The van der Waals surface area contributed by atoms with Gasteiger partial charge < -0.3 is 30.6 Å². The molecular weight excluding hydrogens is 502 g/mol. The summed E-state index contributed by atoms with van der Waals surface area (Å²) < 4.78 is 15.4. The zero-order chi connectivity index (χ0) is 29.1. The molecule has 0 bridgehead atoms. The molecule has 0 aliphatic heterocycles. The van der Waals surface area contributed by atoms with Crippen molar-refractivity contribution in [1.29, 1.82) is 0 Å². The Bertz CT molecular complexity index is 1160. The summed E-state index contributed by atoms with van der Waals surface area (Å²) in [7, 11) is 1.30. The van der Waals surface area contributed by atoms with Crippen LogP contribution in [0.2, 0.25) is 0 Å². The van der Waals surface area contributed by atoms with Crippen molar-refractivity contribution in [2.24, 2.45) is 5.73 Å². The van der Waals surface area contributed by atoms with Crippen LogP contribution in [0.5, 0.6) is 0 Å². The number of nitrogens with one attached hydrogen (secondary N) is 2. The van der Waals surface area contributed by atoms with Gasteiger partial charge in [-0.05, 0) is 64.2 Å². The maximum atomic E-state index is 13.4. The van der Waals surface area contributed by atoms with Crippen molar-refractivity contribution in [2.45, 2.75) is 71.1 Å². The first-order valence-corrected chi connectivity index (χ1v) is 12.8. The van der Waals surface area contributed by atoms with Crippen molar-refractivity contribution in [2.75, 3.05) is 19.0 Å². The van der Waals surface area contributed by atoms with E-state index in [2.05, 4.69) is 10.6 Å². The van der Waals surface area contributed by atoms with Crippen LogP contribution in [0, 0.1) is 6.92 Å². The first kappa shape index (κ1) is 31.3. The van der Waals surface area contributed by atoms with E-state index in [0.717, 1.165) is 11.1 Å². The number of aryl methyl sites for hydroxylation is 2. The van der Waals surface area contributed by atoms with Gasteiger partial charge in [-0.15, -0.1) is 0 Å². The van der Waals surface area contributed by atoms with Crippen LogP contribution < -0.4 is 16.4 Å². The van der Waals surface area contributed by atoms with Gasteiger partial charge in [0.25, 0.3) is 5.91 Å². The highest BCUT2D eigenvalue weighted by Crippen LogP contribution is 2.23. The highest BCUT2D eigenvalue weighted by atomic mass is 16.6. The van der Waals surface area contributed by atoms with E-state index in [1.54, 1.807) is 45.0 Å². The molecule has 0 aliphatic carbocycles. The highest BCUT2D eigenvalue weighted by Gasteiger charge is 2.45. The van der Waals surface area contributed by atoms with Gasteiger partial charge in [-0.25, -0.2) is 9.59 Å². The maximum absolute atomic E-state index is 13.4. The summed E-state index contributed by atoms with van der Waals surface area (Å²) in [6, 6.07) is 14.5. The number of anilines is 1. The number of hydrogen-bond donors (Lipinski definition) is 3. The zero-order valence-corrected chi connectivity index (χ0v) is 23.3. The van der Waals surface area contributed by atoms with Gasteiger partial charge in [0.15, 0.2) is 5.54 Å². The molecule has 0 saturated heterocycles. The molecule has 39 heavy (non-hydrogen) atoms. The highest BCUT2D eigenvalue weighted by molar-refractivity contribution is 6.13. The molecule has 0 fully saturated rings. The number of nitrogens with two attached hydrogens (primary N) is 1. The lowest BCUT2D eigenvalue weighted by Gasteiger charge is -2.30. The fourth-order valence-corrected chi connectivity index (χ4v) is 3.67. The minimum absolute atomic E-state index is 0.101. The van der Waals surface area contributed by atoms with E-state index in [4.69, 9.17) is 19.9 Å². The average molecular weight is 542 g/mol. The SMILES string of the molecule is COC(=O)CCc1ccccc1NC(=O)C(N)(CCCNC(=O)OCc1cccc(C)c1)C(=O)OC(C)(C)C. The lowest BCUT2D eigenvalue weighted by molar-refractivity contribution is -0.163. The summed E-state index contributed by atoms with van der Waals surface area (Å²) in [6.45, 7) is 7.22. The third-order valence-electron chi connectivity index (χ3n) is 5.73. The van der Waals surface area contributed by atoms with Gasteiger partial charge in [-0.2, -0.15) is 0 Å². The third kappa shape index (κ3) is 10.4. The number of hydrogen-bond acceptors (Lipinski definition) is 8. The monoisotopic (exact) mass is 541 g/mol. The molecule has 10 nitrogen and oxygen atoms in total. The van der Waals surface area contributed by atoms with E-state index in [0.29, 0.717) is 17.7 Å². The molecule has 10 heteroatoms. The van der Waals surface area contributed by atoms with Crippen LogP contribution in [0.1, 0.15) is 56.7 Å². The van der Waals surface area contributed by atoms with E-state index in [1.807, 2.05) is 31.2 Å². The molecule has 2 aromatic carbocycles. The number of carbonyl (C=O) groups excluding carboxylic acids is 4. The molecule has 0 radical (unpaired) electrons. The van der Waals surface area contributed by atoms with E-state index in [1.165, 1.54) is 7.11 Å². The van der Waals surface area contributed by atoms with Crippen LogP contribution in [0.4, 0.5) is 10.5 Å². The smallest absolute Gasteiger partial charge is 0.407 e. The van der Waals surface area contributed by atoms with E-state index >= 15 is 0 Å². The van der Waals surface area contributed by atoms with Gasteiger partial charge in [0.05, 0.1) is 7.11 Å². The van der Waals surface area contributed by atoms with Gasteiger partial charge in [-0.1, -0.05) is 48.0 Å². The number of para-hydroxylation sites is 1. The Morgan fingerprint density at radius 2 is 1.72 bits per heavy atom. The second-order valence-electron chi connectivity index (χ2n) is 10.3. The Kier molecular flexibility index (Phi) is 11.5. The Balaban J connectivity index is 2.04. The second kappa shape index (κ2) is 14.3. The van der Waals surface area contributed by atoms with Gasteiger partial charge in [0.2, 0.25) is 0 Å². The standard InChI is InChI=1S/C29H39N3O7/c1-20-10-8-11-21(18-20)19-38-27(36)31-17-9-16-29(30,26(35)39-28(2,3)4)25(34)32-23-13-7-6-12-22(23)14-15-24(33)37-5/h6-8,10-13,18H,9,14-17,19,30H2,1-5H3,(H,31,36)(H,32,34). The minimum Gasteiger partial charge on any atom is -0.469 e. The van der Waals surface area contributed by atoms with Crippen molar-refractivity contribution in [3.05, 3.63) is 65.2 Å². The average Bonchev–Trinajstić information content (AvgIpc) is 2.88. The van der Waals surface area contributed by atoms with Crippen LogP contribution in [0.3, 0.4) is 0 Å². The van der Waals surface area contributed by atoms with Crippen LogP contribution in [-0.2, 0) is 41.6 Å². The van der Waals surface area contributed by atoms with Gasteiger partial charge >= 0.3 is 18.0 Å². The van der Waals surface area contributed by atoms with Gasteiger partial charge in [0, 0.05) is 18.7 Å². The summed E-state index contributed by atoms with van der Waals surface area (Å²) in [6.07, 6.45) is -0.0835. The lowest BCUT2D eigenvalue weighted by atomic mass is 9.92. The van der Waals surface area contributed by atoms with Crippen LogP contribution in [-0.4, -0.2) is 48.7 Å². The molecule has 0 aliphatic rings. The summed E-state index contributed by atoms with van der Waals surface area (Å²) in [5.41, 5.74) is 6.51. The zero-order valence-electron chi connectivity index (χ0n) is 23.3. The van der Waals surface area contributed by atoms with Gasteiger partial charge in [-0.3, -0.25) is 9.59 Å². The Labute approximate surface area is 229 Å². The number of benzene rings is 2.